The first-order valence-corrected chi connectivity index (χ1v) is 9.59. The first kappa shape index (κ1) is 25.9. The van der Waals surface area contributed by atoms with Crippen molar-refractivity contribution in [3.63, 3.8) is 0 Å². The summed E-state index contributed by atoms with van der Waals surface area (Å²) in [5.74, 6) is 1.46. The van der Waals surface area contributed by atoms with Gasteiger partial charge in [-0.3, -0.25) is 9.89 Å². The molecule has 6 nitrogen and oxygen atoms in total. The molecule has 1 saturated heterocycles. The van der Waals surface area contributed by atoms with Crippen molar-refractivity contribution < 1.29 is 4.74 Å². The van der Waals surface area contributed by atoms with E-state index in [4.69, 9.17) is 4.74 Å². The summed E-state index contributed by atoms with van der Waals surface area (Å²) in [5, 5.41) is 6.94. The Morgan fingerprint density at radius 2 is 1.62 bits per heavy atom. The summed E-state index contributed by atoms with van der Waals surface area (Å²) in [6.45, 7) is 17.4. The number of likely N-dealkylation sites (N-methyl/N-ethyl adjacent to an activating group) is 1. The fraction of sp³-hybridized carbons (Fsp3) is 0.947. The second kappa shape index (κ2) is 12.4. The van der Waals surface area contributed by atoms with Gasteiger partial charge in [0.25, 0.3) is 0 Å². The van der Waals surface area contributed by atoms with Crippen LogP contribution in [0.5, 0.6) is 0 Å². The lowest BCUT2D eigenvalue weighted by atomic mass is 9.89. The van der Waals surface area contributed by atoms with Gasteiger partial charge in [-0.2, -0.15) is 0 Å². The van der Waals surface area contributed by atoms with Crippen LogP contribution in [0.15, 0.2) is 4.99 Å². The summed E-state index contributed by atoms with van der Waals surface area (Å²) in [7, 11) is 5.80. The third kappa shape index (κ3) is 8.71. The Bertz CT molecular complexity index is 403. The molecular weight excluding hydrogens is 441 g/mol. The quantitative estimate of drug-likeness (QED) is 0.330. The molecule has 0 spiro atoms. The largest absolute Gasteiger partial charge is 0.379 e. The van der Waals surface area contributed by atoms with Crippen LogP contribution in [0.4, 0.5) is 0 Å². The highest BCUT2D eigenvalue weighted by Gasteiger charge is 2.26. The number of hydrogen-bond donors (Lipinski definition) is 2. The monoisotopic (exact) mass is 483 g/mol. The zero-order valence-corrected chi connectivity index (χ0v) is 20.5. The molecule has 0 saturated carbocycles. The Labute approximate surface area is 178 Å². The topological polar surface area (TPSA) is 52.1 Å². The number of methoxy groups -OCH3 is 1. The molecule has 2 N–H and O–H groups in total. The SMILES string of the molecule is CN=C(NCC(C(C)C)N1CCN(C)CC1)NCC(OC)C(C)(C)C.I. The van der Waals surface area contributed by atoms with Crippen molar-refractivity contribution in [1.82, 2.24) is 20.4 Å². The van der Waals surface area contributed by atoms with E-state index in [0.29, 0.717) is 12.0 Å². The second-order valence-corrected chi connectivity index (χ2v) is 8.57. The number of piperazine rings is 1. The number of guanidine groups is 1. The number of ether oxygens (including phenoxy) is 1. The van der Waals surface area contributed by atoms with Gasteiger partial charge < -0.3 is 20.3 Å². The van der Waals surface area contributed by atoms with E-state index in [9.17, 15) is 0 Å². The van der Waals surface area contributed by atoms with E-state index in [-0.39, 0.29) is 35.5 Å². The highest BCUT2D eigenvalue weighted by atomic mass is 127. The van der Waals surface area contributed by atoms with Crippen LogP contribution in [0.1, 0.15) is 34.6 Å². The van der Waals surface area contributed by atoms with Crippen LogP contribution in [0.2, 0.25) is 0 Å². The van der Waals surface area contributed by atoms with Gasteiger partial charge in [-0.05, 0) is 18.4 Å². The van der Waals surface area contributed by atoms with Crippen molar-refractivity contribution in [2.75, 3.05) is 60.5 Å². The van der Waals surface area contributed by atoms with Crippen LogP contribution >= 0.6 is 24.0 Å². The molecule has 0 aromatic heterocycles. The molecule has 1 aliphatic heterocycles. The molecule has 0 radical (unpaired) electrons. The molecular formula is C19H42IN5O. The van der Waals surface area contributed by atoms with Gasteiger partial charge in [0, 0.05) is 59.5 Å². The number of hydrogen-bond acceptors (Lipinski definition) is 4. The molecule has 2 unspecified atom stereocenters. The first-order valence-electron chi connectivity index (χ1n) is 9.59. The fourth-order valence-electron chi connectivity index (χ4n) is 3.29. The molecule has 1 fully saturated rings. The normalized spacial score (nSPS) is 19.8. The van der Waals surface area contributed by atoms with E-state index in [1.807, 2.05) is 7.05 Å². The summed E-state index contributed by atoms with van der Waals surface area (Å²) < 4.78 is 5.62. The Morgan fingerprint density at radius 1 is 1.08 bits per heavy atom. The van der Waals surface area contributed by atoms with Gasteiger partial charge in [0.2, 0.25) is 0 Å². The number of nitrogens with zero attached hydrogens (tertiary/aromatic N) is 3. The Kier molecular flexibility index (Phi) is 12.3. The summed E-state index contributed by atoms with van der Waals surface area (Å²) >= 11 is 0. The van der Waals surface area contributed by atoms with Crippen molar-refractivity contribution in [1.29, 1.82) is 0 Å². The van der Waals surface area contributed by atoms with Crippen LogP contribution in [0.3, 0.4) is 0 Å². The van der Waals surface area contributed by atoms with Crippen LogP contribution in [-0.2, 0) is 4.74 Å². The summed E-state index contributed by atoms with van der Waals surface area (Å²) in [4.78, 5) is 9.39. The van der Waals surface area contributed by atoms with Gasteiger partial charge >= 0.3 is 0 Å². The van der Waals surface area contributed by atoms with Crippen LogP contribution in [0.25, 0.3) is 0 Å². The number of halogens is 1. The Balaban J connectivity index is 0.00000625. The van der Waals surface area contributed by atoms with E-state index in [0.717, 1.165) is 45.2 Å². The average molecular weight is 483 g/mol. The summed E-state index contributed by atoms with van der Waals surface area (Å²) in [6.07, 6.45) is 0.143. The van der Waals surface area contributed by atoms with Crippen LogP contribution in [0, 0.1) is 11.3 Å². The highest BCUT2D eigenvalue weighted by molar-refractivity contribution is 14.0. The fourth-order valence-corrected chi connectivity index (χ4v) is 3.29. The van der Waals surface area contributed by atoms with E-state index < -0.39 is 0 Å². The predicted octanol–water partition coefficient (Wildman–Crippen LogP) is 2.10. The highest BCUT2D eigenvalue weighted by Crippen LogP contribution is 2.20. The third-order valence-corrected chi connectivity index (χ3v) is 5.18. The molecule has 0 aromatic carbocycles. The molecule has 0 aliphatic carbocycles. The van der Waals surface area contributed by atoms with Crippen LogP contribution < -0.4 is 10.6 Å². The lowest BCUT2D eigenvalue weighted by Crippen LogP contribution is -2.55. The number of rotatable bonds is 7. The minimum atomic E-state index is 0. The molecule has 156 valence electrons. The minimum absolute atomic E-state index is 0. The number of nitrogens with one attached hydrogen (secondary N) is 2. The third-order valence-electron chi connectivity index (χ3n) is 5.18. The molecule has 26 heavy (non-hydrogen) atoms. The molecule has 1 heterocycles. The van der Waals surface area contributed by atoms with Crippen LogP contribution in [-0.4, -0.2) is 88.4 Å². The molecule has 1 rings (SSSR count). The zero-order valence-electron chi connectivity index (χ0n) is 18.1. The zero-order chi connectivity index (χ0) is 19.0. The lowest BCUT2D eigenvalue weighted by molar-refractivity contribution is 0.0205. The molecule has 7 heteroatoms. The summed E-state index contributed by atoms with van der Waals surface area (Å²) in [6, 6.07) is 0.521. The van der Waals surface area contributed by atoms with Gasteiger partial charge in [-0.1, -0.05) is 34.6 Å². The first-order chi connectivity index (χ1) is 11.7. The summed E-state index contributed by atoms with van der Waals surface area (Å²) in [5.41, 5.74) is 0.0981. The average Bonchev–Trinajstić information content (AvgIpc) is 2.53. The smallest absolute Gasteiger partial charge is 0.191 e. The van der Waals surface area contributed by atoms with Crippen molar-refractivity contribution in [2.24, 2.45) is 16.3 Å². The van der Waals surface area contributed by atoms with E-state index >= 15 is 0 Å². The van der Waals surface area contributed by atoms with Crippen molar-refractivity contribution in [3.05, 3.63) is 0 Å². The van der Waals surface area contributed by atoms with Crippen molar-refractivity contribution >= 4 is 29.9 Å². The van der Waals surface area contributed by atoms with Crippen molar-refractivity contribution in [3.8, 4) is 0 Å². The predicted molar refractivity (Wildman–Crippen MR) is 123 cm³/mol. The molecule has 2 atom stereocenters. The molecule has 0 amide bonds. The van der Waals surface area contributed by atoms with Gasteiger partial charge in [-0.15, -0.1) is 24.0 Å². The second-order valence-electron chi connectivity index (χ2n) is 8.57. The van der Waals surface area contributed by atoms with Gasteiger partial charge in [0.05, 0.1) is 6.10 Å². The Morgan fingerprint density at radius 3 is 2.04 bits per heavy atom. The maximum atomic E-state index is 5.62. The van der Waals surface area contributed by atoms with Gasteiger partial charge in [-0.25, -0.2) is 0 Å². The standard InChI is InChI=1S/C19H41N5O.HI/c1-15(2)16(24-11-9-23(7)10-12-24)13-21-18(20-6)22-14-17(25-8)19(3,4)5;/h15-17H,9-14H2,1-8H3,(H2,20,21,22);1H. The Hall–Kier alpha value is -0.120. The van der Waals surface area contributed by atoms with E-state index in [1.165, 1.54) is 0 Å². The van der Waals surface area contributed by atoms with Gasteiger partial charge in [0.15, 0.2) is 5.96 Å². The van der Waals surface area contributed by atoms with E-state index in [1.54, 1.807) is 7.11 Å². The van der Waals surface area contributed by atoms with Crippen molar-refractivity contribution in [2.45, 2.75) is 46.8 Å². The maximum absolute atomic E-state index is 5.62. The minimum Gasteiger partial charge on any atom is -0.379 e. The molecule has 0 aromatic rings. The maximum Gasteiger partial charge on any atom is 0.191 e. The molecule has 1 aliphatic rings. The molecule has 0 bridgehead atoms. The van der Waals surface area contributed by atoms with Gasteiger partial charge in [0.1, 0.15) is 0 Å². The lowest BCUT2D eigenvalue weighted by Gasteiger charge is -2.40. The number of aliphatic imine (C=N–C) groups is 1. The van der Waals surface area contributed by atoms with E-state index in [2.05, 4.69) is 67.1 Å².